The van der Waals surface area contributed by atoms with E-state index < -0.39 is 17.2 Å². The van der Waals surface area contributed by atoms with Crippen LogP contribution in [0.5, 0.6) is 0 Å². The second-order valence-electron chi connectivity index (χ2n) is 4.80. The molecule has 0 aromatic carbocycles. The van der Waals surface area contributed by atoms with Gasteiger partial charge in [-0.15, -0.1) is 0 Å². The van der Waals surface area contributed by atoms with Crippen LogP contribution >= 0.6 is 0 Å². The lowest BCUT2D eigenvalue weighted by molar-refractivity contribution is -0.140. The summed E-state index contributed by atoms with van der Waals surface area (Å²) < 4.78 is 4.83. The van der Waals surface area contributed by atoms with E-state index in [0.29, 0.717) is 11.3 Å². The second-order valence-corrected chi connectivity index (χ2v) is 4.80. The van der Waals surface area contributed by atoms with Crippen molar-refractivity contribution in [3.05, 3.63) is 35.2 Å². The zero-order valence-corrected chi connectivity index (χ0v) is 11.1. The van der Waals surface area contributed by atoms with Crippen molar-refractivity contribution in [3.63, 3.8) is 0 Å². The number of ether oxygens (including phenoxy) is 1. The van der Waals surface area contributed by atoms with Crippen molar-refractivity contribution in [3.8, 4) is 0 Å². The van der Waals surface area contributed by atoms with Crippen LogP contribution in [0.1, 0.15) is 32.0 Å². The molecular formula is C14H15NO4. The maximum Gasteiger partial charge on any atom is 0.345 e. The molecule has 19 heavy (non-hydrogen) atoms. The summed E-state index contributed by atoms with van der Waals surface area (Å²) >= 11 is 0. The van der Waals surface area contributed by atoms with E-state index in [2.05, 4.69) is 4.98 Å². The first kappa shape index (κ1) is 13.3. The number of Topliss-reactive ketones (excluding diaryl/α,β-unsaturated/α-hetero) is 1. The number of ketones is 1. The standard InChI is InChI=1S/C14H15NO4/c1-4-19-13(18)9-10(16)8-6-5-7-15-11(8)14(2,3)12(9)17/h5-7,16H,4H2,1-3H3. The largest absolute Gasteiger partial charge is 0.506 e. The summed E-state index contributed by atoms with van der Waals surface area (Å²) in [7, 11) is 0. The molecule has 0 bridgehead atoms. The third-order valence-electron chi connectivity index (χ3n) is 3.17. The van der Waals surface area contributed by atoms with Gasteiger partial charge in [-0.25, -0.2) is 4.79 Å². The molecule has 1 aliphatic rings. The van der Waals surface area contributed by atoms with E-state index in [1.54, 1.807) is 39.1 Å². The van der Waals surface area contributed by atoms with Crippen LogP contribution < -0.4 is 0 Å². The summed E-state index contributed by atoms with van der Waals surface area (Å²) in [6.07, 6.45) is 1.55. The van der Waals surface area contributed by atoms with Crippen LogP contribution in [-0.2, 0) is 19.7 Å². The quantitative estimate of drug-likeness (QED) is 0.648. The van der Waals surface area contributed by atoms with Crippen molar-refractivity contribution in [2.24, 2.45) is 0 Å². The van der Waals surface area contributed by atoms with Gasteiger partial charge in [0.15, 0.2) is 5.78 Å². The lowest BCUT2D eigenvalue weighted by Crippen LogP contribution is -2.39. The topological polar surface area (TPSA) is 76.5 Å². The zero-order valence-electron chi connectivity index (χ0n) is 11.1. The van der Waals surface area contributed by atoms with E-state index in [-0.39, 0.29) is 17.9 Å². The van der Waals surface area contributed by atoms with Gasteiger partial charge in [-0.2, -0.15) is 0 Å². The number of aliphatic hydroxyl groups is 1. The van der Waals surface area contributed by atoms with Crippen molar-refractivity contribution >= 4 is 17.5 Å². The molecule has 100 valence electrons. The molecule has 5 heteroatoms. The average molecular weight is 261 g/mol. The molecule has 1 aliphatic carbocycles. The van der Waals surface area contributed by atoms with Gasteiger partial charge >= 0.3 is 5.97 Å². The molecule has 0 spiro atoms. The number of pyridine rings is 1. The number of fused-ring (bicyclic) bond motifs is 1. The van der Waals surface area contributed by atoms with Gasteiger partial charge in [0.2, 0.25) is 0 Å². The molecule has 0 radical (unpaired) electrons. The van der Waals surface area contributed by atoms with Crippen molar-refractivity contribution in [1.82, 2.24) is 4.98 Å². The first-order chi connectivity index (χ1) is 8.91. The molecule has 0 saturated heterocycles. The molecular weight excluding hydrogens is 246 g/mol. The van der Waals surface area contributed by atoms with Crippen LogP contribution in [0.2, 0.25) is 0 Å². The first-order valence-electron chi connectivity index (χ1n) is 6.02. The number of rotatable bonds is 2. The SMILES string of the molecule is CCOC(=O)C1=C(O)c2cccnc2C(C)(C)C1=O. The highest BCUT2D eigenvalue weighted by atomic mass is 16.5. The minimum atomic E-state index is -0.967. The highest BCUT2D eigenvalue weighted by Gasteiger charge is 2.44. The lowest BCUT2D eigenvalue weighted by Gasteiger charge is -2.30. The number of aliphatic hydroxyl groups excluding tert-OH is 1. The first-order valence-corrected chi connectivity index (χ1v) is 6.02. The molecule has 0 amide bonds. The molecule has 1 N–H and O–H groups in total. The van der Waals surface area contributed by atoms with Gasteiger partial charge < -0.3 is 9.84 Å². The number of hydrogen-bond acceptors (Lipinski definition) is 5. The molecule has 1 heterocycles. The van der Waals surface area contributed by atoms with Crippen LogP contribution in [0.25, 0.3) is 5.76 Å². The lowest BCUT2D eigenvalue weighted by atomic mass is 9.74. The van der Waals surface area contributed by atoms with Gasteiger partial charge in [-0.3, -0.25) is 9.78 Å². The van der Waals surface area contributed by atoms with Crippen molar-refractivity contribution in [2.75, 3.05) is 6.61 Å². The Labute approximate surface area is 110 Å². The van der Waals surface area contributed by atoms with Gasteiger partial charge in [0.05, 0.1) is 17.7 Å². The maximum absolute atomic E-state index is 12.4. The van der Waals surface area contributed by atoms with E-state index in [1.807, 2.05) is 0 Å². The summed E-state index contributed by atoms with van der Waals surface area (Å²) in [4.78, 5) is 28.4. The molecule has 0 atom stereocenters. The summed E-state index contributed by atoms with van der Waals surface area (Å²) in [6, 6.07) is 3.27. The maximum atomic E-state index is 12.4. The van der Waals surface area contributed by atoms with Crippen molar-refractivity contribution in [2.45, 2.75) is 26.2 Å². The number of carbonyl (C=O) groups excluding carboxylic acids is 2. The number of aromatic nitrogens is 1. The van der Waals surface area contributed by atoms with Crippen LogP contribution in [0, 0.1) is 0 Å². The third kappa shape index (κ3) is 1.91. The van der Waals surface area contributed by atoms with Gasteiger partial charge in [-0.05, 0) is 32.9 Å². The Bertz CT molecular complexity index is 587. The van der Waals surface area contributed by atoms with Crippen molar-refractivity contribution in [1.29, 1.82) is 0 Å². The van der Waals surface area contributed by atoms with Crippen LogP contribution in [-0.4, -0.2) is 28.4 Å². The van der Waals surface area contributed by atoms with Gasteiger partial charge in [0, 0.05) is 11.8 Å². The van der Waals surface area contributed by atoms with E-state index in [9.17, 15) is 14.7 Å². The minimum absolute atomic E-state index is 0.142. The number of nitrogens with zero attached hydrogens (tertiary/aromatic N) is 1. The molecule has 0 fully saturated rings. The van der Waals surface area contributed by atoms with Crippen molar-refractivity contribution < 1.29 is 19.4 Å². The Balaban J connectivity index is 2.67. The zero-order chi connectivity index (χ0) is 14.2. The summed E-state index contributed by atoms with van der Waals surface area (Å²) in [5, 5.41) is 10.1. The van der Waals surface area contributed by atoms with E-state index in [1.165, 1.54) is 0 Å². The third-order valence-corrected chi connectivity index (χ3v) is 3.17. The van der Waals surface area contributed by atoms with E-state index >= 15 is 0 Å². The van der Waals surface area contributed by atoms with Gasteiger partial charge in [-0.1, -0.05) is 0 Å². The summed E-state index contributed by atoms with van der Waals surface area (Å²) in [5.41, 5.74) is -0.404. The molecule has 5 nitrogen and oxygen atoms in total. The molecule has 1 aromatic rings. The predicted molar refractivity (Wildman–Crippen MR) is 68.5 cm³/mol. The second kappa shape index (κ2) is 4.50. The number of esters is 1. The van der Waals surface area contributed by atoms with Gasteiger partial charge in [0.25, 0.3) is 0 Å². The summed E-state index contributed by atoms with van der Waals surface area (Å²) in [6.45, 7) is 5.13. The Morgan fingerprint density at radius 2 is 2.16 bits per heavy atom. The number of hydrogen-bond donors (Lipinski definition) is 1. The fourth-order valence-electron chi connectivity index (χ4n) is 2.15. The Morgan fingerprint density at radius 3 is 2.79 bits per heavy atom. The Morgan fingerprint density at radius 1 is 1.47 bits per heavy atom. The highest BCUT2D eigenvalue weighted by Crippen LogP contribution is 2.38. The number of carbonyl (C=O) groups is 2. The fraction of sp³-hybridized carbons (Fsp3) is 0.357. The average Bonchev–Trinajstić information content (AvgIpc) is 2.37. The Hall–Kier alpha value is -2.17. The normalized spacial score (nSPS) is 17.1. The monoisotopic (exact) mass is 261 g/mol. The molecule has 0 aliphatic heterocycles. The van der Waals surface area contributed by atoms with E-state index in [4.69, 9.17) is 4.74 Å². The van der Waals surface area contributed by atoms with Crippen LogP contribution in [0.3, 0.4) is 0 Å². The molecule has 1 aromatic heterocycles. The molecule has 0 unspecified atom stereocenters. The minimum Gasteiger partial charge on any atom is -0.506 e. The molecule has 2 rings (SSSR count). The fourth-order valence-corrected chi connectivity index (χ4v) is 2.15. The van der Waals surface area contributed by atoms with Crippen LogP contribution in [0.15, 0.2) is 23.9 Å². The summed E-state index contributed by atoms with van der Waals surface area (Å²) in [5.74, 6) is -1.63. The van der Waals surface area contributed by atoms with E-state index in [0.717, 1.165) is 0 Å². The smallest absolute Gasteiger partial charge is 0.345 e. The van der Waals surface area contributed by atoms with Gasteiger partial charge in [0.1, 0.15) is 11.3 Å². The predicted octanol–water partition coefficient (Wildman–Crippen LogP) is 1.77. The Kier molecular flexibility index (Phi) is 3.14. The molecule has 0 saturated carbocycles. The van der Waals surface area contributed by atoms with Crippen LogP contribution in [0.4, 0.5) is 0 Å². The highest BCUT2D eigenvalue weighted by molar-refractivity contribution is 6.26.